The van der Waals surface area contributed by atoms with Crippen LogP contribution in [0.2, 0.25) is 0 Å². The molecule has 1 aliphatic rings. The quantitative estimate of drug-likeness (QED) is 0.832. The third-order valence-electron chi connectivity index (χ3n) is 4.31. The van der Waals surface area contributed by atoms with Crippen molar-refractivity contribution in [3.05, 3.63) is 12.3 Å². The third-order valence-corrected chi connectivity index (χ3v) is 4.31. The van der Waals surface area contributed by atoms with Crippen LogP contribution in [0.15, 0.2) is 12.3 Å². The Balaban J connectivity index is 1.91. The van der Waals surface area contributed by atoms with E-state index in [-0.39, 0.29) is 11.9 Å². The maximum atomic E-state index is 12.2. The van der Waals surface area contributed by atoms with Crippen LogP contribution < -0.4 is 11.1 Å². The first-order valence-electron chi connectivity index (χ1n) is 7.76. The van der Waals surface area contributed by atoms with Gasteiger partial charge in [0.05, 0.1) is 12.7 Å². The summed E-state index contributed by atoms with van der Waals surface area (Å²) in [6.07, 6.45) is 5.22. The predicted molar refractivity (Wildman–Crippen MR) is 84.1 cm³/mol. The molecular formula is C15H27N5O. The number of likely N-dealkylation sites (N-methyl/N-ethyl adjacent to an activating group) is 1. The molecule has 21 heavy (non-hydrogen) atoms. The molecule has 1 aromatic rings. The van der Waals surface area contributed by atoms with E-state index in [0.29, 0.717) is 25.0 Å². The van der Waals surface area contributed by atoms with E-state index < -0.39 is 0 Å². The van der Waals surface area contributed by atoms with E-state index in [4.69, 9.17) is 5.73 Å². The van der Waals surface area contributed by atoms with Crippen molar-refractivity contribution in [1.29, 1.82) is 0 Å². The van der Waals surface area contributed by atoms with Crippen LogP contribution in [0.3, 0.4) is 0 Å². The van der Waals surface area contributed by atoms with Gasteiger partial charge in [-0.1, -0.05) is 6.42 Å². The smallest absolute Gasteiger partial charge is 0.239 e. The van der Waals surface area contributed by atoms with Crippen molar-refractivity contribution in [2.24, 2.45) is 11.7 Å². The van der Waals surface area contributed by atoms with E-state index in [1.54, 1.807) is 6.20 Å². The molecule has 1 amide bonds. The number of nitrogens with zero attached hydrogens (tertiary/aromatic N) is 3. The Morgan fingerprint density at radius 2 is 2.33 bits per heavy atom. The first-order chi connectivity index (χ1) is 10.0. The molecule has 6 nitrogen and oxygen atoms in total. The molecule has 1 fully saturated rings. The van der Waals surface area contributed by atoms with Gasteiger partial charge >= 0.3 is 0 Å². The molecule has 3 N–H and O–H groups in total. The number of nitrogens with two attached hydrogens (primary N) is 1. The van der Waals surface area contributed by atoms with Gasteiger partial charge in [0.2, 0.25) is 5.91 Å². The van der Waals surface area contributed by atoms with Crippen molar-refractivity contribution in [3.8, 4) is 0 Å². The monoisotopic (exact) mass is 293 g/mol. The van der Waals surface area contributed by atoms with Crippen molar-refractivity contribution < 1.29 is 4.79 Å². The van der Waals surface area contributed by atoms with Gasteiger partial charge in [0.15, 0.2) is 0 Å². The van der Waals surface area contributed by atoms with E-state index in [1.165, 1.54) is 12.8 Å². The molecule has 0 radical (unpaired) electrons. The first-order valence-corrected chi connectivity index (χ1v) is 7.76. The lowest BCUT2D eigenvalue weighted by Gasteiger charge is -2.28. The Kier molecular flexibility index (Phi) is 5.36. The van der Waals surface area contributed by atoms with Gasteiger partial charge in [0.1, 0.15) is 5.82 Å². The van der Waals surface area contributed by atoms with Crippen molar-refractivity contribution >= 4 is 11.7 Å². The van der Waals surface area contributed by atoms with Crippen LogP contribution in [-0.2, 0) is 4.79 Å². The summed E-state index contributed by atoms with van der Waals surface area (Å²) in [7, 11) is 2.01. The fourth-order valence-corrected chi connectivity index (χ4v) is 3.22. The zero-order chi connectivity index (χ0) is 15.4. The lowest BCUT2D eigenvalue weighted by Crippen LogP contribution is -2.42. The van der Waals surface area contributed by atoms with Crippen LogP contribution >= 0.6 is 0 Å². The Morgan fingerprint density at radius 3 is 3.00 bits per heavy atom. The number of amides is 1. The highest BCUT2D eigenvalue weighted by molar-refractivity contribution is 5.91. The number of anilines is 1. The molecule has 2 atom stereocenters. The lowest BCUT2D eigenvalue weighted by molar-refractivity contribution is -0.117. The summed E-state index contributed by atoms with van der Waals surface area (Å²) in [5, 5.41) is 7.17. The molecule has 0 saturated heterocycles. The summed E-state index contributed by atoms with van der Waals surface area (Å²) in [5.74, 6) is 1.27. The minimum absolute atomic E-state index is 0.00238. The summed E-state index contributed by atoms with van der Waals surface area (Å²) in [4.78, 5) is 14.4. The normalized spacial score (nSPS) is 22.2. The third kappa shape index (κ3) is 3.83. The SMILES string of the molecule is CC(C)n1nccc1NC(=O)CN(C)C1CCCC1CN. The molecule has 6 heteroatoms. The number of hydrogen-bond donors (Lipinski definition) is 2. The number of carbonyl (C=O) groups is 1. The molecule has 1 aromatic heterocycles. The Morgan fingerprint density at radius 1 is 1.57 bits per heavy atom. The highest BCUT2D eigenvalue weighted by Gasteiger charge is 2.30. The van der Waals surface area contributed by atoms with Crippen LogP contribution in [0.5, 0.6) is 0 Å². The Bertz CT molecular complexity index is 470. The molecule has 1 heterocycles. The van der Waals surface area contributed by atoms with E-state index in [0.717, 1.165) is 12.2 Å². The second-order valence-corrected chi connectivity index (χ2v) is 6.21. The number of nitrogens with one attached hydrogen (secondary N) is 1. The molecule has 1 aliphatic carbocycles. The highest BCUT2D eigenvalue weighted by atomic mass is 16.2. The van der Waals surface area contributed by atoms with Gasteiger partial charge in [-0.15, -0.1) is 0 Å². The second-order valence-electron chi connectivity index (χ2n) is 6.21. The van der Waals surface area contributed by atoms with Crippen LogP contribution in [0.4, 0.5) is 5.82 Å². The number of rotatable bonds is 6. The van der Waals surface area contributed by atoms with Gasteiger partial charge in [0.25, 0.3) is 0 Å². The summed E-state index contributed by atoms with van der Waals surface area (Å²) in [6, 6.07) is 2.48. The Hall–Kier alpha value is -1.40. The summed E-state index contributed by atoms with van der Waals surface area (Å²) in [5.41, 5.74) is 5.82. The van der Waals surface area contributed by atoms with Gasteiger partial charge in [-0.25, -0.2) is 4.68 Å². The fourth-order valence-electron chi connectivity index (χ4n) is 3.22. The lowest BCUT2D eigenvalue weighted by atomic mass is 10.0. The van der Waals surface area contributed by atoms with E-state index in [9.17, 15) is 4.79 Å². The van der Waals surface area contributed by atoms with E-state index >= 15 is 0 Å². The van der Waals surface area contributed by atoms with Gasteiger partial charge in [-0.05, 0) is 46.2 Å². The zero-order valence-corrected chi connectivity index (χ0v) is 13.2. The molecule has 0 aliphatic heterocycles. The average molecular weight is 293 g/mol. The van der Waals surface area contributed by atoms with Gasteiger partial charge < -0.3 is 11.1 Å². The van der Waals surface area contributed by atoms with Crippen LogP contribution in [0, 0.1) is 5.92 Å². The Labute approximate surface area is 126 Å². The zero-order valence-electron chi connectivity index (χ0n) is 13.2. The van der Waals surface area contributed by atoms with Crippen molar-refractivity contribution in [3.63, 3.8) is 0 Å². The molecule has 118 valence electrons. The maximum absolute atomic E-state index is 12.2. The summed E-state index contributed by atoms with van der Waals surface area (Å²) >= 11 is 0. The molecular weight excluding hydrogens is 266 g/mol. The molecule has 0 aromatic carbocycles. The minimum atomic E-state index is 0.00238. The van der Waals surface area contributed by atoms with Crippen molar-refractivity contribution in [2.75, 3.05) is 25.5 Å². The molecule has 2 unspecified atom stereocenters. The number of aromatic nitrogens is 2. The predicted octanol–water partition coefficient (Wildman–Crippen LogP) is 1.46. The van der Waals surface area contributed by atoms with Crippen LogP contribution in [0.25, 0.3) is 0 Å². The molecule has 0 spiro atoms. The highest BCUT2D eigenvalue weighted by Crippen LogP contribution is 2.28. The number of carbonyl (C=O) groups excluding carboxylic acids is 1. The first kappa shape index (κ1) is 16.0. The van der Waals surface area contributed by atoms with Crippen LogP contribution in [0.1, 0.15) is 39.2 Å². The molecule has 0 bridgehead atoms. The largest absolute Gasteiger partial charge is 0.330 e. The molecule has 2 rings (SSSR count). The van der Waals surface area contributed by atoms with E-state index in [1.807, 2.05) is 31.6 Å². The summed E-state index contributed by atoms with van der Waals surface area (Å²) < 4.78 is 1.82. The van der Waals surface area contributed by atoms with Crippen LogP contribution in [-0.4, -0.2) is 46.8 Å². The maximum Gasteiger partial charge on any atom is 0.239 e. The summed E-state index contributed by atoms with van der Waals surface area (Å²) in [6.45, 7) is 5.18. The fraction of sp³-hybridized carbons (Fsp3) is 0.733. The van der Waals surface area contributed by atoms with Gasteiger partial charge in [-0.2, -0.15) is 5.10 Å². The van der Waals surface area contributed by atoms with E-state index in [2.05, 4.69) is 15.3 Å². The van der Waals surface area contributed by atoms with Gasteiger partial charge in [-0.3, -0.25) is 9.69 Å². The molecule has 1 saturated carbocycles. The second kappa shape index (κ2) is 7.04. The number of hydrogen-bond acceptors (Lipinski definition) is 4. The standard InChI is InChI=1S/C15H27N5O/c1-11(2)20-14(7-8-17-20)18-15(21)10-19(3)13-6-4-5-12(13)9-16/h7-8,11-13H,4-6,9-10,16H2,1-3H3,(H,18,21). The van der Waals surface area contributed by atoms with Gasteiger partial charge in [0, 0.05) is 18.2 Å². The van der Waals surface area contributed by atoms with Crippen molar-refractivity contribution in [2.45, 2.75) is 45.2 Å². The topological polar surface area (TPSA) is 76.2 Å². The van der Waals surface area contributed by atoms with Crippen molar-refractivity contribution in [1.82, 2.24) is 14.7 Å². The minimum Gasteiger partial charge on any atom is -0.330 e. The average Bonchev–Trinajstić information content (AvgIpc) is 3.05.